The average Bonchev–Trinajstić information content (AvgIpc) is 2.90. The lowest BCUT2D eigenvalue weighted by atomic mass is 9.61. The minimum absolute atomic E-state index is 0.194. The van der Waals surface area contributed by atoms with Crippen LogP contribution in [0.2, 0.25) is 0 Å². The number of fused-ring (bicyclic) bond motifs is 3. The number of halogens is 1. The van der Waals surface area contributed by atoms with Crippen molar-refractivity contribution in [1.82, 2.24) is 0 Å². The van der Waals surface area contributed by atoms with Gasteiger partial charge in [0, 0.05) is 22.9 Å². The first-order valence-corrected chi connectivity index (χ1v) is 8.64. The van der Waals surface area contributed by atoms with Gasteiger partial charge in [0.25, 0.3) is 0 Å². The minimum atomic E-state index is -0.479. The Bertz CT molecular complexity index is 596. The molecule has 2 fully saturated rings. The molecule has 1 saturated heterocycles. The molecule has 2 heterocycles. The van der Waals surface area contributed by atoms with Gasteiger partial charge in [0.05, 0.1) is 25.2 Å². The van der Waals surface area contributed by atoms with Crippen molar-refractivity contribution in [3.05, 3.63) is 28.2 Å². The van der Waals surface area contributed by atoms with Crippen LogP contribution in [0, 0.1) is 5.92 Å². The Balaban J connectivity index is 1.77. The number of benzene rings is 1. The van der Waals surface area contributed by atoms with E-state index in [-0.39, 0.29) is 5.92 Å². The third-order valence-corrected chi connectivity index (χ3v) is 5.89. The van der Waals surface area contributed by atoms with Crippen LogP contribution < -0.4 is 4.74 Å². The Labute approximate surface area is 138 Å². The number of carbonyl (C=O) groups is 1. The highest BCUT2D eigenvalue weighted by molar-refractivity contribution is 9.10. The monoisotopic (exact) mass is 366 g/mol. The summed E-state index contributed by atoms with van der Waals surface area (Å²) in [6.07, 6.45) is 4.27. The average molecular weight is 367 g/mol. The first kappa shape index (κ1) is 14.7. The SMILES string of the molecule is O=CC12CCC3(CC1CCOc1cc(Br)ccc12)OCCO3. The summed E-state index contributed by atoms with van der Waals surface area (Å²) < 4.78 is 18.7. The van der Waals surface area contributed by atoms with Crippen molar-refractivity contribution in [3.8, 4) is 5.75 Å². The first-order chi connectivity index (χ1) is 10.7. The molecule has 0 aromatic heterocycles. The van der Waals surface area contributed by atoms with Gasteiger partial charge >= 0.3 is 0 Å². The van der Waals surface area contributed by atoms with E-state index in [1.807, 2.05) is 18.2 Å². The maximum atomic E-state index is 12.2. The Morgan fingerprint density at radius 3 is 2.77 bits per heavy atom. The van der Waals surface area contributed by atoms with E-state index in [0.29, 0.717) is 19.8 Å². The van der Waals surface area contributed by atoms with Crippen molar-refractivity contribution < 1.29 is 19.0 Å². The molecule has 0 radical (unpaired) electrons. The molecule has 1 aromatic carbocycles. The van der Waals surface area contributed by atoms with Crippen molar-refractivity contribution in [1.29, 1.82) is 0 Å². The molecule has 22 heavy (non-hydrogen) atoms. The molecule has 1 saturated carbocycles. The second kappa shape index (κ2) is 5.32. The van der Waals surface area contributed by atoms with E-state index in [1.54, 1.807) is 0 Å². The normalized spacial score (nSPS) is 32.7. The van der Waals surface area contributed by atoms with Crippen LogP contribution in [0.25, 0.3) is 0 Å². The molecule has 0 amide bonds. The smallest absolute Gasteiger partial charge is 0.168 e. The molecule has 2 atom stereocenters. The van der Waals surface area contributed by atoms with E-state index in [4.69, 9.17) is 14.2 Å². The third kappa shape index (κ3) is 2.14. The van der Waals surface area contributed by atoms with Gasteiger partial charge in [-0.3, -0.25) is 0 Å². The van der Waals surface area contributed by atoms with Gasteiger partial charge in [-0.15, -0.1) is 0 Å². The topological polar surface area (TPSA) is 44.8 Å². The van der Waals surface area contributed by atoms with Crippen LogP contribution in [-0.2, 0) is 19.7 Å². The van der Waals surface area contributed by atoms with E-state index in [1.165, 1.54) is 0 Å². The van der Waals surface area contributed by atoms with E-state index in [0.717, 1.165) is 47.8 Å². The van der Waals surface area contributed by atoms with E-state index >= 15 is 0 Å². The number of rotatable bonds is 1. The number of ether oxygens (including phenoxy) is 3. The predicted octanol–water partition coefficient (Wildman–Crippen LogP) is 3.21. The lowest BCUT2D eigenvalue weighted by molar-refractivity contribution is -0.197. The molecule has 1 aromatic rings. The van der Waals surface area contributed by atoms with Crippen LogP contribution in [0.3, 0.4) is 0 Å². The fraction of sp³-hybridized carbons (Fsp3) is 0.588. The summed E-state index contributed by atoms with van der Waals surface area (Å²) in [6, 6.07) is 5.99. The van der Waals surface area contributed by atoms with Gasteiger partial charge in [-0.25, -0.2) is 0 Å². The number of carbonyl (C=O) groups excluding carboxylic acids is 1. The van der Waals surface area contributed by atoms with Crippen LogP contribution in [0.1, 0.15) is 31.2 Å². The number of hydrogen-bond acceptors (Lipinski definition) is 4. The van der Waals surface area contributed by atoms with Gasteiger partial charge in [-0.2, -0.15) is 0 Å². The zero-order valence-electron chi connectivity index (χ0n) is 12.3. The minimum Gasteiger partial charge on any atom is -0.493 e. The zero-order chi connectivity index (χ0) is 15.2. The summed E-state index contributed by atoms with van der Waals surface area (Å²) in [5.74, 6) is 0.546. The Morgan fingerprint density at radius 2 is 2.00 bits per heavy atom. The molecule has 3 aliphatic rings. The summed E-state index contributed by atoms with van der Waals surface area (Å²) >= 11 is 3.48. The Kier molecular flexibility index (Phi) is 3.55. The first-order valence-electron chi connectivity index (χ1n) is 7.85. The molecule has 4 rings (SSSR count). The van der Waals surface area contributed by atoms with Gasteiger partial charge in [-0.05, 0) is 30.9 Å². The summed E-state index contributed by atoms with van der Waals surface area (Å²) in [5.41, 5.74) is 0.536. The van der Waals surface area contributed by atoms with Crippen molar-refractivity contribution in [2.75, 3.05) is 19.8 Å². The number of hydrogen-bond donors (Lipinski definition) is 0. The van der Waals surface area contributed by atoms with E-state index in [2.05, 4.69) is 15.9 Å². The molecule has 1 aliphatic carbocycles. The second-order valence-electron chi connectivity index (χ2n) is 6.44. The second-order valence-corrected chi connectivity index (χ2v) is 7.36. The highest BCUT2D eigenvalue weighted by Crippen LogP contribution is 2.53. The quantitative estimate of drug-likeness (QED) is 0.715. The van der Waals surface area contributed by atoms with Crippen molar-refractivity contribution >= 4 is 22.2 Å². The van der Waals surface area contributed by atoms with Crippen molar-refractivity contribution in [3.63, 3.8) is 0 Å². The Morgan fingerprint density at radius 1 is 1.18 bits per heavy atom. The zero-order valence-corrected chi connectivity index (χ0v) is 13.9. The number of aldehydes is 1. The molecule has 0 N–H and O–H groups in total. The van der Waals surface area contributed by atoms with Crippen molar-refractivity contribution in [2.45, 2.75) is 36.9 Å². The van der Waals surface area contributed by atoms with E-state index < -0.39 is 11.2 Å². The molecule has 2 unspecified atom stereocenters. The van der Waals surface area contributed by atoms with Crippen molar-refractivity contribution in [2.24, 2.45) is 5.92 Å². The van der Waals surface area contributed by atoms with E-state index in [9.17, 15) is 4.79 Å². The van der Waals surface area contributed by atoms with Crippen LogP contribution in [-0.4, -0.2) is 31.9 Å². The molecular weight excluding hydrogens is 348 g/mol. The summed E-state index contributed by atoms with van der Waals surface area (Å²) in [5, 5.41) is 0. The van der Waals surface area contributed by atoms with Crippen LogP contribution in [0.15, 0.2) is 22.7 Å². The lowest BCUT2D eigenvalue weighted by Gasteiger charge is -2.46. The standard InChI is InChI=1S/C17H19BrO4/c18-13-1-2-14-15(9-13)20-6-3-12-10-17(21-7-8-22-17)5-4-16(12,14)11-19/h1-2,9,11-12H,3-8,10H2. The van der Waals surface area contributed by atoms with Crippen LogP contribution in [0.5, 0.6) is 5.75 Å². The predicted molar refractivity (Wildman–Crippen MR) is 84.0 cm³/mol. The molecular formula is C17H19BrO4. The fourth-order valence-electron chi connectivity index (χ4n) is 4.26. The van der Waals surface area contributed by atoms with Gasteiger partial charge in [0.15, 0.2) is 5.79 Å². The molecule has 5 heteroatoms. The highest BCUT2D eigenvalue weighted by atomic mass is 79.9. The molecule has 118 valence electrons. The van der Waals surface area contributed by atoms with Gasteiger partial charge in [-0.1, -0.05) is 22.0 Å². The third-order valence-electron chi connectivity index (χ3n) is 5.40. The fourth-order valence-corrected chi connectivity index (χ4v) is 4.60. The van der Waals surface area contributed by atoms with Crippen LogP contribution in [0.4, 0.5) is 0 Å². The van der Waals surface area contributed by atoms with Gasteiger partial charge in [0.2, 0.25) is 0 Å². The van der Waals surface area contributed by atoms with Gasteiger partial charge in [0.1, 0.15) is 12.0 Å². The maximum Gasteiger partial charge on any atom is 0.168 e. The highest BCUT2D eigenvalue weighted by Gasteiger charge is 2.54. The van der Waals surface area contributed by atoms with Gasteiger partial charge < -0.3 is 19.0 Å². The van der Waals surface area contributed by atoms with Crippen LogP contribution >= 0.6 is 15.9 Å². The summed E-state index contributed by atoms with van der Waals surface area (Å²) in [6.45, 7) is 1.93. The molecule has 0 bridgehead atoms. The maximum absolute atomic E-state index is 12.2. The summed E-state index contributed by atoms with van der Waals surface area (Å²) in [7, 11) is 0. The Hall–Kier alpha value is -0.910. The lowest BCUT2D eigenvalue weighted by Crippen LogP contribution is -2.49. The molecule has 4 nitrogen and oxygen atoms in total. The molecule has 2 aliphatic heterocycles. The largest absolute Gasteiger partial charge is 0.493 e. The molecule has 1 spiro atoms. The summed E-state index contributed by atoms with van der Waals surface area (Å²) in [4.78, 5) is 12.2.